The second kappa shape index (κ2) is 12.2. The number of nitrogens with zero attached hydrogens (tertiary/aromatic N) is 1. The maximum atomic E-state index is 13.2. The summed E-state index contributed by atoms with van der Waals surface area (Å²) in [7, 11) is 1.58. The van der Waals surface area contributed by atoms with Gasteiger partial charge < -0.3 is 19.7 Å². The molecule has 168 valence electrons. The monoisotopic (exact) mass is 446 g/mol. The smallest absolute Gasteiger partial charge is 0.261 e. The van der Waals surface area contributed by atoms with Crippen LogP contribution in [0.1, 0.15) is 32.8 Å². The van der Waals surface area contributed by atoms with Crippen LogP contribution in [0.15, 0.2) is 48.5 Å². The number of carbonyl (C=O) groups excluding carboxylic acids is 2. The topological polar surface area (TPSA) is 67.9 Å². The van der Waals surface area contributed by atoms with Gasteiger partial charge in [0.15, 0.2) is 6.61 Å². The van der Waals surface area contributed by atoms with Crippen LogP contribution < -0.4 is 14.8 Å². The Labute approximate surface area is 189 Å². The first-order valence-electron chi connectivity index (χ1n) is 10.4. The van der Waals surface area contributed by atoms with Crippen LogP contribution in [-0.4, -0.2) is 43.0 Å². The van der Waals surface area contributed by atoms with E-state index in [-0.39, 0.29) is 25.0 Å². The maximum Gasteiger partial charge on any atom is 0.261 e. The summed E-state index contributed by atoms with van der Waals surface area (Å²) >= 11 is 6.32. The second-order valence-corrected chi connectivity index (χ2v) is 8.05. The molecule has 0 bridgehead atoms. The van der Waals surface area contributed by atoms with Crippen molar-refractivity contribution in [3.63, 3.8) is 0 Å². The fourth-order valence-corrected chi connectivity index (χ4v) is 3.25. The minimum absolute atomic E-state index is 0.180. The van der Waals surface area contributed by atoms with Crippen LogP contribution in [0, 0.1) is 5.92 Å². The summed E-state index contributed by atoms with van der Waals surface area (Å²) in [5.41, 5.74) is 0.775. The molecule has 2 amide bonds. The summed E-state index contributed by atoms with van der Waals surface area (Å²) < 4.78 is 10.8. The molecule has 0 aliphatic heterocycles. The molecule has 6 nitrogen and oxygen atoms in total. The van der Waals surface area contributed by atoms with E-state index in [9.17, 15) is 9.59 Å². The van der Waals surface area contributed by atoms with E-state index in [4.69, 9.17) is 21.1 Å². The van der Waals surface area contributed by atoms with Crippen LogP contribution in [0.3, 0.4) is 0 Å². The number of carbonyl (C=O) groups is 2. The molecule has 2 aromatic rings. The number of nitrogens with one attached hydrogen (secondary N) is 1. The summed E-state index contributed by atoms with van der Waals surface area (Å²) in [4.78, 5) is 27.5. The molecule has 0 spiro atoms. The Morgan fingerprint density at radius 2 is 1.71 bits per heavy atom. The second-order valence-electron chi connectivity index (χ2n) is 7.64. The van der Waals surface area contributed by atoms with Gasteiger partial charge in [0.1, 0.15) is 17.5 Å². The van der Waals surface area contributed by atoms with Gasteiger partial charge in [-0.15, -0.1) is 0 Å². The minimum atomic E-state index is -0.623. The number of benzene rings is 2. The summed E-state index contributed by atoms with van der Waals surface area (Å²) in [6, 6.07) is 13.7. The van der Waals surface area contributed by atoms with Crippen molar-refractivity contribution in [1.82, 2.24) is 10.2 Å². The van der Waals surface area contributed by atoms with Crippen molar-refractivity contribution < 1.29 is 19.1 Å². The van der Waals surface area contributed by atoms with Gasteiger partial charge in [0.05, 0.1) is 7.11 Å². The first kappa shape index (κ1) is 24.5. The standard InChI is InChI=1S/C24H31ClN2O4/c1-5-22(24(29)26-14-17(2)3)27(15-18-8-6-7-9-21(18)25)23(28)16-31-20-12-10-19(30-4)11-13-20/h6-13,17,22H,5,14-16H2,1-4H3,(H,26,29)/t22-/m1/s1. The fourth-order valence-electron chi connectivity index (χ4n) is 3.05. The Morgan fingerprint density at radius 3 is 2.29 bits per heavy atom. The predicted molar refractivity (Wildman–Crippen MR) is 122 cm³/mol. The molecule has 0 saturated heterocycles. The molecule has 31 heavy (non-hydrogen) atoms. The van der Waals surface area contributed by atoms with E-state index in [0.29, 0.717) is 35.4 Å². The molecule has 7 heteroatoms. The van der Waals surface area contributed by atoms with Gasteiger partial charge in [0, 0.05) is 18.1 Å². The van der Waals surface area contributed by atoms with E-state index >= 15 is 0 Å². The third kappa shape index (κ3) is 7.47. The number of hydrogen-bond donors (Lipinski definition) is 1. The molecule has 0 aliphatic rings. The zero-order valence-corrected chi connectivity index (χ0v) is 19.3. The molecule has 0 fully saturated rings. The highest BCUT2D eigenvalue weighted by molar-refractivity contribution is 6.31. The van der Waals surface area contributed by atoms with Crippen molar-refractivity contribution in [3.8, 4) is 11.5 Å². The lowest BCUT2D eigenvalue weighted by Crippen LogP contribution is -2.50. The molecule has 0 heterocycles. The van der Waals surface area contributed by atoms with Gasteiger partial charge in [-0.1, -0.05) is 50.6 Å². The molecular weight excluding hydrogens is 416 g/mol. The Morgan fingerprint density at radius 1 is 1.06 bits per heavy atom. The van der Waals surface area contributed by atoms with Crippen LogP contribution in [0.2, 0.25) is 5.02 Å². The van der Waals surface area contributed by atoms with E-state index in [2.05, 4.69) is 5.32 Å². The first-order valence-corrected chi connectivity index (χ1v) is 10.8. The summed E-state index contributed by atoms with van der Waals surface area (Å²) in [5.74, 6) is 1.09. The van der Waals surface area contributed by atoms with Gasteiger partial charge >= 0.3 is 0 Å². The van der Waals surface area contributed by atoms with Crippen LogP contribution >= 0.6 is 11.6 Å². The van der Waals surface area contributed by atoms with Gasteiger partial charge in [-0.2, -0.15) is 0 Å². The van der Waals surface area contributed by atoms with E-state index in [1.165, 1.54) is 0 Å². The van der Waals surface area contributed by atoms with Crippen molar-refractivity contribution in [2.24, 2.45) is 5.92 Å². The SMILES string of the molecule is CC[C@H](C(=O)NCC(C)C)N(Cc1ccccc1Cl)C(=O)COc1ccc(OC)cc1. The summed E-state index contributed by atoms with van der Waals surface area (Å²) in [6.45, 7) is 6.51. The van der Waals surface area contributed by atoms with Crippen LogP contribution in [-0.2, 0) is 16.1 Å². The van der Waals surface area contributed by atoms with E-state index in [1.54, 1.807) is 42.3 Å². The first-order chi connectivity index (χ1) is 14.8. The van der Waals surface area contributed by atoms with Gasteiger partial charge in [0.2, 0.25) is 5.91 Å². The average molecular weight is 447 g/mol. The van der Waals surface area contributed by atoms with Crippen LogP contribution in [0.25, 0.3) is 0 Å². The Balaban J connectivity index is 2.18. The lowest BCUT2D eigenvalue weighted by atomic mass is 10.1. The van der Waals surface area contributed by atoms with Gasteiger partial charge in [-0.25, -0.2) is 0 Å². The molecule has 0 aromatic heterocycles. The van der Waals surface area contributed by atoms with Gasteiger partial charge in [-0.05, 0) is 48.2 Å². The Hall–Kier alpha value is -2.73. The lowest BCUT2D eigenvalue weighted by molar-refractivity contribution is -0.143. The molecule has 1 N–H and O–H groups in total. The maximum absolute atomic E-state index is 13.2. The van der Waals surface area contributed by atoms with Crippen LogP contribution in [0.4, 0.5) is 0 Å². The number of rotatable bonds is 11. The number of halogens is 1. The molecule has 0 unspecified atom stereocenters. The summed E-state index contributed by atoms with van der Waals surface area (Å²) in [6.07, 6.45) is 0.475. The molecule has 2 rings (SSSR count). The van der Waals surface area contributed by atoms with Crippen LogP contribution in [0.5, 0.6) is 11.5 Å². The average Bonchev–Trinajstić information content (AvgIpc) is 2.77. The highest BCUT2D eigenvalue weighted by Gasteiger charge is 2.29. The minimum Gasteiger partial charge on any atom is -0.497 e. The quantitative estimate of drug-likeness (QED) is 0.558. The zero-order valence-electron chi connectivity index (χ0n) is 18.6. The number of ether oxygens (including phenoxy) is 2. The molecule has 0 aliphatic carbocycles. The largest absolute Gasteiger partial charge is 0.497 e. The molecule has 2 aromatic carbocycles. The normalized spacial score (nSPS) is 11.7. The van der Waals surface area contributed by atoms with E-state index in [0.717, 1.165) is 5.56 Å². The predicted octanol–water partition coefficient (Wildman–Crippen LogP) is 4.31. The highest BCUT2D eigenvalue weighted by atomic mass is 35.5. The lowest BCUT2D eigenvalue weighted by Gasteiger charge is -2.31. The fraction of sp³-hybridized carbons (Fsp3) is 0.417. The zero-order chi connectivity index (χ0) is 22.8. The molecular formula is C24H31ClN2O4. The number of methoxy groups -OCH3 is 1. The third-order valence-electron chi connectivity index (χ3n) is 4.79. The Kier molecular flexibility index (Phi) is 9.66. The molecule has 0 radical (unpaired) electrons. The van der Waals surface area contributed by atoms with Crippen molar-refractivity contribution in [2.45, 2.75) is 39.8 Å². The third-order valence-corrected chi connectivity index (χ3v) is 5.16. The van der Waals surface area contributed by atoms with Gasteiger partial charge in [0.25, 0.3) is 5.91 Å². The van der Waals surface area contributed by atoms with Gasteiger partial charge in [-0.3, -0.25) is 9.59 Å². The Bertz CT molecular complexity index is 855. The van der Waals surface area contributed by atoms with E-state index < -0.39 is 6.04 Å². The number of amides is 2. The summed E-state index contributed by atoms with van der Waals surface area (Å²) in [5, 5.41) is 3.48. The van der Waals surface area contributed by atoms with Crippen molar-refractivity contribution in [3.05, 3.63) is 59.1 Å². The number of hydrogen-bond acceptors (Lipinski definition) is 4. The van der Waals surface area contributed by atoms with Crippen molar-refractivity contribution >= 4 is 23.4 Å². The van der Waals surface area contributed by atoms with Crippen molar-refractivity contribution in [1.29, 1.82) is 0 Å². The van der Waals surface area contributed by atoms with E-state index in [1.807, 2.05) is 39.0 Å². The molecule has 0 saturated carbocycles. The highest BCUT2D eigenvalue weighted by Crippen LogP contribution is 2.21. The van der Waals surface area contributed by atoms with Crippen molar-refractivity contribution in [2.75, 3.05) is 20.3 Å². The molecule has 1 atom stereocenters.